The molecule has 0 spiro atoms. The van der Waals surface area contributed by atoms with Gasteiger partial charge in [-0.2, -0.15) is 0 Å². The van der Waals surface area contributed by atoms with Crippen LogP contribution >= 0.6 is 11.6 Å². The van der Waals surface area contributed by atoms with Gasteiger partial charge >= 0.3 is 0 Å². The predicted molar refractivity (Wildman–Crippen MR) is 55.5 cm³/mol. The number of alkyl halides is 1. The summed E-state index contributed by atoms with van der Waals surface area (Å²) in [6, 6.07) is 0.325. The SMILES string of the molecule is CCC(C)n1nncc1C(Cl)COC. The maximum Gasteiger partial charge on any atom is 0.100 e. The molecule has 1 heterocycles. The Morgan fingerprint density at radius 1 is 1.64 bits per heavy atom. The summed E-state index contributed by atoms with van der Waals surface area (Å²) >= 11 is 6.13. The number of rotatable bonds is 5. The summed E-state index contributed by atoms with van der Waals surface area (Å²) in [4.78, 5) is 0. The van der Waals surface area contributed by atoms with Crippen molar-refractivity contribution in [2.45, 2.75) is 31.7 Å². The smallest absolute Gasteiger partial charge is 0.100 e. The van der Waals surface area contributed by atoms with E-state index in [-0.39, 0.29) is 5.38 Å². The first-order valence-electron chi connectivity index (χ1n) is 4.73. The van der Waals surface area contributed by atoms with Crippen LogP contribution in [0.25, 0.3) is 0 Å². The van der Waals surface area contributed by atoms with Crippen molar-refractivity contribution in [3.63, 3.8) is 0 Å². The van der Waals surface area contributed by atoms with E-state index in [1.165, 1.54) is 0 Å². The zero-order chi connectivity index (χ0) is 10.6. The summed E-state index contributed by atoms with van der Waals surface area (Å²) in [5.41, 5.74) is 0.919. The third-order valence-corrected chi connectivity index (χ3v) is 2.59. The van der Waals surface area contributed by atoms with E-state index >= 15 is 0 Å². The van der Waals surface area contributed by atoms with Crippen LogP contribution in [-0.4, -0.2) is 28.7 Å². The molecule has 4 nitrogen and oxygen atoms in total. The molecule has 0 bridgehead atoms. The Morgan fingerprint density at radius 3 is 2.93 bits per heavy atom. The summed E-state index contributed by atoms with van der Waals surface area (Å²) in [5, 5.41) is 7.71. The van der Waals surface area contributed by atoms with Gasteiger partial charge in [0.05, 0.1) is 24.5 Å². The zero-order valence-electron chi connectivity index (χ0n) is 8.77. The maximum absolute atomic E-state index is 6.13. The van der Waals surface area contributed by atoms with Crippen molar-refractivity contribution in [3.05, 3.63) is 11.9 Å². The molecule has 0 saturated carbocycles. The van der Waals surface area contributed by atoms with Crippen molar-refractivity contribution in [2.24, 2.45) is 0 Å². The van der Waals surface area contributed by atoms with Crippen LogP contribution in [0.4, 0.5) is 0 Å². The van der Waals surface area contributed by atoms with E-state index in [0.717, 1.165) is 12.1 Å². The molecular formula is C9H16ClN3O. The Bertz CT molecular complexity index is 277. The van der Waals surface area contributed by atoms with Gasteiger partial charge in [0.15, 0.2) is 0 Å². The fourth-order valence-electron chi connectivity index (χ4n) is 1.22. The van der Waals surface area contributed by atoms with Crippen molar-refractivity contribution in [1.82, 2.24) is 15.0 Å². The zero-order valence-corrected chi connectivity index (χ0v) is 9.53. The Morgan fingerprint density at radius 2 is 2.36 bits per heavy atom. The molecule has 1 rings (SSSR count). The van der Waals surface area contributed by atoms with Gasteiger partial charge in [-0.05, 0) is 13.3 Å². The highest BCUT2D eigenvalue weighted by Gasteiger charge is 2.16. The van der Waals surface area contributed by atoms with Crippen LogP contribution in [0.1, 0.15) is 37.4 Å². The van der Waals surface area contributed by atoms with Crippen LogP contribution in [0.5, 0.6) is 0 Å². The molecular weight excluding hydrogens is 202 g/mol. The Hall–Kier alpha value is -0.610. The first-order chi connectivity index (χ1) is 6.70. The minimum atomic E-state index is -0.177. The number of halogens is 1. The summed E-state index contributed by atoms with van der Waals surface area (Å²) < 4.78 is 6.85. The van der Waals surface area contributed by atoms with Crippen LogP contribution in [-0.2, 0) is 4.74 Å². The van der Waals surface area contributed by atoms with Gasteiger partial charge in [0.25, 0.3) is 0 Å². The lowest BCUT2D eigenvalue weighted by atomic mass is 10.2. The Labute approximate surface area is 89.2 Å². The largest absolute Gasteiger partial charge is 0.383 e. The molecule has 0 aliphatic rings. The van der Waals surface area contributed by atoms with Gasteiger partial charge in [0.2, 0.25) is 0 Å². The predicted octanol–water partition coefficient (Wildman–Crippen LogP) is 2.18. The molecule has 80 valence electrons. The lowest BCUT2D eigenvalue weighted by Crippen LogP contribution is -2.13. The van der Waals surface area contributed by atoms with Crippen molar-refractivity contribution in [3.8, 4) is 0 Å². The molecule has 2 atom stereocenters. The van der Waals surface area contributed by atoms with Gasteiger partial charge in [-0.1, -0.05) is 12.1 Å². The number of methoxy groups -OCH3 is 1. The molecule has 0 aliphatic carbocycles. The molecule has 0 aromatic carbocycles. The van der Waals surface area contributed by atoms with Crippen LogP contribution in [0.3, 0.4) is 0 Å². The quantitative estimate of drug-likeness (QED) is 0.710. The summed E-state index contributed by atoms with van der Waals surface area (Å²) in [5.74, 6) is 0. The highest BCUT2D eigenvalue weighted by atomic mass is 35.5. The van der Waals surface area contributed by atoms with E-state index < -0.39 is 0 Å². The van der Waals surface area contributed by atoms with Crippen molar-refractivity contribution >= 4 is 11.6 Å². The topological polar surface area (TPSA) is 39.9 Å². The van der Waals surface area contributed by atoms with Crippen LogP contribution in [0.15, 0.2) is 6.20 Å². The van der Waals surface area contributed by atoms with Crippen LogP contribution in [0.2, 0.25) is 0 Å². The van der Waals surface area contributed by atoms with Gasteiger partial charge in [0, 0.05) is 7.11 Å². The third-order valence-electron chi connectivity index (χ3n) is 2.24. The Kier molecular flexibility index (Phi) is 4.35. The second-order valence-electron chi connectivity index (χ2n) is 3.28. The van der Waals surface area contributed by atoms with Crippen LogP contribution in [0, 0.1) is 0 Å². The number of ether oxygens (including phenoxy) is 1. The highest BCUT2D eigenvalue weighted by Crippen LogP contribution is 2.22. The highest BCUT2D eigenvalue weighted by molar-refractivity contribution is 6.20. The second-order valence-corrected chi connectivity index (χ2v) is 3.81. The van der Waals surface area contributed by atoms with Gasteiger partial charge in [-0.15, -0.1) is 16.7 Å². The van der Waals surface area contributed by atoms with Crippen molar-refractivity contribution in [1.29, 1.82) is 0 Å². The Balaban J connectivity index is 2.81. The summed E-state index contributed by atoms with van der Waals surface area (Å²) in [6.45, 7) is 4.68. The van der Waals surface area contributed by atoms with E-state index in [2.05, 4.69) is 24.2 Å². The number of aromatic nitrogens is 3. The lowest BCUT2D eigenvalue weighted by Gasteiger charge is -2.15. The molecule has 0 saturated heterocycles. The van der Waals surface area contributed by atoms with E-state index in [1.807, 2.05) is 4.68 Å². The van der Waals surface area contributed by atoms with Crippen molar-refractivity contribution < 1.29 is 4.74 Å². The normalized spacial score (nSPS) is 15.4. The van der Waals surface area contributed by atoms with Gasteiger partial charge < -0.3 is 4.74 Å². The van der Waals surface area contributed by atoms with Gasteiger partial charge in [-0.3, -0.25) is 0 Å². The maximum atomic E-state index is 6.13. The molecule has 0 fully saturated rings. The van der Waals surface area contributed by atoms with Crippen molar-refractivity contribution in [2.75, 3.05) is 13.7 Å². The molecule has 0 radical (unpaired) electrons. The third kappa shape index (κ3) is 2.45. The van der Waals surface area contributed by atoms with Gasteiger partial charge in [-0.25, -0.2) is 4.68 Å². The molecule has 0 amide bonds. The molecule has 0 N–H and O–H groups in total. The molecule has 1 aromatic rings. The summed E-state index contributed by atoms with van der Waals surface area (Å²) in [7, 11) is 1.63. The first kappa shape index (κ1) is 11.5. The standard InChI is InChI=1S/C9H16ClN3O/c1-4-7(2)13-9(5-11-12-13)8(10)6-14-3/h5,7-8H,4,6H2,1-3H3. The molecule has 14 heavy (non-hydrogen) atoms. The fraction of sp³-hybridized carbons (Fsp3) is 0.778. The average Bonchev–Trinajstić information content (AvgIpc) is 2.65. The van der Waals surface area contributed by atoms with Crippen LogP contribution < -0.4 is 0 Å². The summed E-state index contributed by atoms with van der Waals surface area (Å²) in [6.07, 6.45) is 2.70. The monoisotopic (exact) mass is 217 g/mol. The number of hydrogen-bond acceptors (Lipinski definition) is 3. The van der Waals surface area contributed by atoms with E-state index in [4.69, 9.17) is 16.3 Å². The van der Waals surface area contributed by atoms with E-state index in [0.29, 0.717) is 12.6 Å². The number of hydrogen-bond donors (Lipinski definition) is 0. The van der Waals surface area contributed by atoms with Gasteiger partial charge in [0.1, 0.15) is 5.38 Å². The second kappa shape index (κ2) is 5.32. The minimum Gasteiger partial charge on any atom is -0.383 e. The molecule has 2 unspecified atom stereocenters. The average molecular weight is 218 g/mol. The number of nitrogens with zero attached hydrogens (tertiary/aromatic N) is 3. The first-order valence-corrected chi connectivity index (χ1v) is 5.17. The lowest BCUT2D eigenvalue weighted by molar-refractivity contribution is 0.195. The fourth-order valence-corrected chi connectivity index (χ4v) is 1.51. The minimum absolute atomic E-state index is 0.177. The van der Waals surface area contributed by atoms with E-state index in [1.54, 1.807) is 13.3 Å². The molecule has 0 aliphatic heterocycles. The molecule has 1 aromatic heterocycles. The van der Waals surface area contributed by atoms with E-state index in [9.17, 15) is 0 Å². The molecule has 5 heteroatoms.